The summed E-state index contributed by atoms with van der Waals surface area (Å²) in [7, 11) is 0. The first kappa shape index (κ1) is 12.8. The van der Waals surface area contributed by atoms with Crippen molar-refractivity contribution in [1.29, 1.82) is 5.26 Å². The monoisotopic (exact) mass is 246 g/mol. The van der Waals surface area contributed by atoms with Crippen LogP contribution < -0.4 is 4.90 Å². The molecule has 1 atom stereocenters. The molecule has 0 aromatic carbocycles. The van der Waals surface area contributed by atoms with Gasteiger partial charge >= 0.3 is 0 Å². The summed E-state index contributed by atoms with van der Waals surface area (Å²) in [5, 5.41) is 9.05. The molecule has 1 fully saturated rings. The van der Waals surface area contributed by atoms with E-state index in [0.29, 0.717) is 24.0 Å². The fourth-order valence-corrected chi connectivity index (χ4v) is 2.22. The number of ether oxygens (including phenoxy) is 1. The van der Waals surface area contributed by atoms with E-state index in [2.05, 4.69) is 34.8 Å². The van der Waals surface area contributed by atoms with Gasteiger partial charge in [-0.15, -0.1) is 0 Å². The first-order valence-electron chi connectivity index (χ1n) is 6.28. The van der Waals surface area contributed by atoms with Crippen molar-refractivity contribution in [1.82, 2.24) is 9.97 Å². The molecule has 0 N–H and O–H groups in total. The SMILES string of the molecule is CC(C)C[C@H]1CN(c2nccnc2C#N)CCO1. The highest BCUT2D eigenvalue weighted by Crippen LogP contribution is 2.20. The summed E-state index contributed by atoms with van der Waals surface area (Å²) in [6.45, 7) is 6.60. The molecule has 1 aliphatic rings. The van der Waals surface area contributed by atoms with Gasteiger partial charge in [0.25, 0.3) is 0 Å². The number of hydrogen-bond acceptors (Lipinski definition) is 5. The summed E-state index contributed by atoms with van der Waals surface area (Å²) in [5.41, 5.74) is 0.391. The molecule has 0 spiro atoms. The lowest BCUT2D eigenvalue weighted by atomic mass is 10.0. The smallest absolute Gasteiger partial charge is 0.183 e. The third-order valence-electron chi connectivity index (χ3n) is 2.96. The molecule has 0 saturated carbocycles. The van der Waals surface area contributed by atoms with Crippen LogP contribution in [0.1, 0.15) is 26.0 Å². The van der Waals surface area contributed by atoms with Crippen molar-refractivity contribution in [2.45, 2.75) is 26.4 Å². The maximum absolute atomic E-state index is 9.05. The molecule has 18 heavy (non-hydrogen) atoms. The minimum absolute atomic E-state index is 0.215. The lowest BCUT2D eigenvalue weighted by Crippen LogP contribution is -2.43. The van der Waals surface area contributed by atoms with Crippen LogP contribution in [0.3, 0.4) is 0 Å². The zero-order valence-corrected chi connectivity index (χ0v) is 10.8. The lowest BCUT2D eigenvalue weighted by Gasteiger charge is -2.34. The summed E-state index contributed by atoms with van der Waals surface area (Å²) >= 11 is 0. The Morgan fingerprint density at radius 2 is 2.28 bits per heavy atom. The van der Waals surface area contributed by atoms with Gasteiger partial charge in [-0.1, -0.05) is 13.8 Å². The molecule has 0 amide bonds. The van der Waals surface area contributed by atoms with E-state index in [1.807, 2.05) is 0 Å². The first-order chi connectivity index (χ1) is 8.70. The first-order valence-corrected chi connectivity index (χ1v) is 6.28. The molecule has 5 heteroatoms. The molecule has 1 aromatic heterocycles. The van der Waals surface area contributed by atoms with Crippen LogP contribution in [0, 0.1) is 17.2 Å². The lowest BCUT2D eigenvalue weighted by molar-refractivity contribution is 0.0273. The van der Waals surface area contributed by atoms with E-state index >= 15 is 0 Å². The zero-order chi connectivity index (χ0) is 13.0. The normalized spacial score (nSPS) is 19.9. The highest BCUT2D eigenvalue weighted by atomic mass is 16.5. The summed E-state index contributed by atoms with van der Waals surface area (Å²) in [6, 6.07) is 2.09. The molecule has 2 rings (SSSR count). The van der Waals surface area contributed by atoms with Crippen LogP contribution >= 0.6 is 0 Å². The molecule has 0 unspecified atom stereocenters. The van der Waals surface area contributed by atoms with Gasteiger partial charge < -0.3 is 9.64 Å². The summed E-state index contributed by atoms with van der Waals surface area (Å²) in [4.78, 5) is 10.4. The van der Waals surface area contributed by atoms with Gasteiger partial charge in [-0.05, 0) is 12.3 Å². The Morgan fingerprint density at radius 3 is 3.00 bits per heavy atom. The molecule has 1 saturated heterocycles. The Morgan fingerprint density at radius 1 is 1.50 bits per heavy atom. The van der Waals surface area contributed by atoms with Crippen molar-refractivity contribution in [3.8, 4) is 6.07 Å². The third-order valence-corrected chi connectivity index (χ3v) is 2.96. The second kappa shape index (κ2) is 5.78. The fraction of sp³-hybridized carbons (Fsp3) is 0.615. The van der Waals surface area contributed by atoms with E-state index in [1.54, 1.807) is 12.4 Å². The third kappa shape index (κ3) is 2.96. The van der Waals surface area contributed by atoms with Crippen LogP contribution in [0.15, 0.2) is 12.4 Å². The Hall–Kier alpha value is -1.67. The Balaban J connectivity index is 2.11. The van der Waals surface area contributed by atoms with Crippen molar-refractivity contribution >= 4 is 5.82 Å². The number of morpholine rings is 1. The topological polar surface area (TPSA) is 62.0 Å². The molecule has 1 aliphatic heterocycles. The van der Waals surface area contributed by atoms with E-state index in [0.717, 1.165) is 19.5 Å². The second-order valence-corrected chi connectivity index (χ2v) is 4.91. The van der Waals surface area contributed by atoms with Crippen LogP contribution in [-0.2, 0) is 4.74 Å². The minimum Gasteiger partial charge on any atom is -0.375 e. The molecular weight excluding hydrogens is 228 g/mol. The molecule has 96 valence electrons. The minimum atomic E-state index is 0.215. The van der Waals surface area contributed by atoms with Crippen LogP contribution in [0.4, 0.5) is 5.82 Å². The number of hydrogen-bond donors (Lipinski definition) is 0. The molecule has 0 aliphatic carbocycles. The number of nitrogens with zero attached hydrogens (tertiary/aromatic N) is 4. The standard InChI is InChI=1S/C13H18N4O/c1-10(2)7-11-9-17(5-6-18-11)13-12(8-14)15-3-4-16-13/h3-4,10-11H,5-7,9H2,1-2H3/t11-/m0/s1. The molecular formula is C13H18N4O. The average Bonchev–Trinajstić information content (AvgIpc) is 2.38. The summed E-state index contributed by atoms with van der Waals surface area (Å²) in [5.74, 6) is 1.28. The number of aromatic nitrogens is 2. The Labute approximate surface area is 107 Å². The van der Waals surface area contributed by atoms with Gasteiger partial charge in [0, 0.05) is 25.5 Å². The highest BCUT2D eigenvalue weighted by Gasteiger charge is 2.24. The van der Waals surface area contributed by atoms with E-state index in [9.17, 15) is 0 Å². The highest BCUT2D eigenvalue weighted by molar-refractivity contribution is 5.49. The van der Waals surface area contributed by atoms with Crippen LogP contribution in [0.25, 0.3) is 0 Å². The molecule has 1 aromatic rings. The summed E-state index contributed by atoms with van der Waals surface area (Å²) < 4.78 is 5.74. The van der Waals surface area contributed by atoms with Crippen molar-refractivity contribution in [2.24, 2.45) is 5.92 Å². The second-order valence-electron chi connectivity index (χ2n) is 4.91. The predicted octanol–water partition coefficient (Wildman–Crippen LogP) is 1.60. The van der Waals surface area contributed by atoms with Gasteiger partial charge in [0.05, 0.1) is 12.7 Å². The van der Waals surface area contributed by atoms with Gasteiger partial charge in [0.15, 0.2) is 11.5 Å². The largest absolute Gasteiger partial charge is 0.375 e. The number of nitriles is 1. The van der Waals surface area contributed by atoms with E-state index in [-0.39, 0.29) is 6.10 Å². The quantitative estimate of drug-likeness (QED) is 0.810. The van der Waals surface area contributed by atoms with Gasteiger partial charge in [0.2, 0.25) is 0 Å². The summed E-state index contributed by atoms with van der Waals surface area (Å²) in [6.07, 6.45) is 4.42. The molecule has 2 heterocycles. The van der Waals surface area contributed by atoms with Crippen molar-refractivity contribution in [3.63, 3.8) is 0 Å². The van der Waals surface area contributed by atoms with Crippen molar-refractivity contribution < 1.29 is 4.74 Å². The maximum Gasteiger partial charge on any atom is 0.183 e. The van der Waals surface area contributed by atoms with Crippen LogP contribution in [0.5, 0.6) is 0 Å². The van der Waals surface area contributed by atoms with Crippen LogP contribution in [-0.4, -0.2) is 35.8 Å². The van der Waals surface area contributed by atoms with Gasteiger partial charge in [0.1, 0.15) is 6.07 Å². The van der Waals surface area contributed by atoms with Crippen molar-refractivity contribution in [3.05, 3.63) is 18.1 Å². The fourth-order valence-electron chi connectivity index (χ4n) is 2.22. The molecule has 0 radical (unpaired) electrons. The van der Waals surface area contributed by atoms with E-state index < -0.39 is 0 Å². The van der Waals surface area contributed by atoms with Gasteiger partial charge in [-0.3, -0.25) is 0 Å². The van der Waals surface area contributed by atoms with Crippen molar-refractivity contribution in [2.75, 3.05) is 24.6 Å². The van der Waals surface area contributed by atoms with Crippen LogP contribution in [0.2, 0.25) is 0 Å². The number of anilines is 1. The molecule has 0 bridgehead atoms. The van der Waals surface area contributed by atoms with E-state index in [1.165, 1.54) is 0 Å². The number of rotatable bonds is 3. The zero-order valence-electron chi connectivity index (χ0n) is 10.8. The molecule has 5 nitrogen and oxygen atoms in total. The average molecular weight is 246 g/mol. The predicted molar refractivity (Wildman–Crippen MR) is 68.2 cm³/mol. The Bertz CT molecular complexity index is 441. The Kier molecular flexibility index (Phi) is 4.11. The maximum atomic E-state index is 9.05. The van der Waals surface area contributed by atoms with Gasteiger partial charge in [-0.2, -0.15) is 5.26 Å². The van der Waals surface area contributed by atoms with E-state index in [4.69, 9.17) is 10.00 Å². The van der Waals surface area contributed by atoms with Gasteiger partial charge in [-0.25, -0.2) is 9.97 Å².